The van der Waals surface area contributed by atoms with Gasteiger partial charge in [0.15, 0.2) is 0 Å². The molecule has 0 aliphatic rings. The van der Waals surface area contributed by atoms with Crippen molar-refractivity contribution < 1.29 is 18.7 Å². The standard InChI is InChI=1S/C13H11FO3S/c1-8-12(4-5-17-8)18-7-10-3-2-9(13(15)16)6-11(10)14/h2-6H,7H2,1H3,(H,15,16). The molecule has 3 nitrogen and oxygen atoms in total. The fourth-order valence-corrected chi connectivity index (χ4v) is 2.42. The fraction of sp³-hybridized carbons (Fsp3) is 0.154. The molecule has 0 atom stereocenters. The molecular formula is C13H11FO3S. The van der Waals surface area contributed by atoms with Gasteiger partial charge in [-0.2, -0.15) is 0 Å². The first-order valence-corrected chi connectivity index (χ1v) is 6.25. The molecule has 0 saturated heterocycles. The second-order valence-electron chi connectivity index (χ2n) is 3.74. The Labute approximate surface area is 108 Å². The van der Waals surface area contributed by atoms with Gasteiger partial charge in [-0.3, -0.25) is 0 Å². The molecule has 1 heterocycles. The van der Waals surface area contributed by atoms with Crippen molar-refractivity contribution in [1.82, 2.24) is 0 Å². The van der Waals surface area contributed by atoms with E-state index in [2.05, 4.69) is 0 Å². The van der Waals surface area contributed by atoms with Crippen LogP contribution in [0.5, 0.6) is 0 Å². The first-order chi connectivity index (χ1) is 8.58. The minimum Gasteiger partial charge on any atom is -0.478 e. The first-order valence-electron chi connectivity index (χ1n) is 5.26. The van der Waals surface area contributed by atoms with Gasteiger partial charge in [0.2, 0.25) is 0 Å². The van der Waals surface area contributed by atoms with Gasteiger partial charge in [0, 0.05) is 10.6 Å². The maximum absolute atomic E-state index is 13.6. The highest BCUT2D eigenvalue weighted by Crippen LogP contribution is 2.27. The number of furan rings is 1. The van der Waals surface area contributed by atoms with Gasteiger partial charge in [-0.15, -0.1) is 11.8 Å². The van der Waals surface area contributed by atoms with Crippen LogP contribution in [-0.4, -0.2) is 11.1 Å². The summed E-state index contributed by atoms with van der Waals surface area (Å²) in [6.07, 6.45) is 1.58. The highest BCUT2D eigenvalue weighted by molar-refractivity contribution is 7.98. The summed E-state index contributed by atoms with van der Waals surface area (Å²) >= 11 is 1.45. The Morgan fingerprint density at radius 2 is 2.22 bits per heavy atom. The van der Waals surface area contributed by atoms with E-state index in [4.69, 9.17) is 9.52 Å². The minimum absolute atomic E-state index is 0.0410. The molecule has 0 radical (unpaired) electrons. The molecule has 2 rings (SSSR count). The van der Waals surface area contributed by atoms with E-state index in [9.17, 15) is 9.18 Å². The molecule has 0 unspecified atom stereocenters. The summed E-state index contributed by atoms with van der Waals surface area (Å²) < 4.78 is 18.8. The summed E-state index contributed by atoms with van der Waals surface area (Å²) in [5, 5.41) is 8.73. The summed E-state index contributed by atoms with van der Waals surface area (Å²) in [5.74, 6) is -0.392. The lowest BCUT2D eigenvalue weighted by molar-refractivity contribution is 0.0696. The first kappa shape index (κ1) is 12.7. The molecule has 0 bridgehead atoms. The Kier molecular flexibility index (Phi) is 3.72. The number of aromatic carboxylic acids is 1. The second kappa shape index (κ2) is 5.27. The predicted molar refractivity (Wildman–Crippen MR) is 66.4 cm³/mol. The van der Waals surface area contributed by atoms with Crippen LogP contribution in [0, 0.1) is 12.7 Å². The van der Waals surface area contributed by atoms with E-state index >= 15 is 0 Å². The van der Waals surface area contributed by atoms with E-state index in [-0.39, 0.29) is 5.56 Å². The zero-order chi connectivity index (χ0) is 13.1. The van der Waals surface area contributed by atoms with Gasteiger partial charge in [0.1, 0.15) is 11.6 Å². The van der Waals surface area contributed by atoms with Crippen molar-refractivity contribution in [2.45, 2.75) is 17.6 Å². The van der Waals surface area contributed by atoms with Crippen LogP contribution in [0.1, 0.15) is 21.7 Å². The van der Waals surface area contributed by atoms with Crippen LogP contribution >= 0.6 is 11.8 Å². The van der Waals surface area contributed by atoms with Crippen LogP contribution < -0.4 is 0 Å². The number of hydrogen-bond acceptors (Lipinski definition) is 3. The Morgan fingerprint density at radius 3 is 2.78 bits per heavy atom. The van der Waals surface area contributed by atoms with E-state index in [0.29, 0.717) is 11.3 Å². The van der Waals surface area contributed by atoms with Gasteiger partial charge in [0.25, 0.3) is 0 Å². The third kappa shape index (κ3) is 2.73. The summed E-state index contributed by atoms with van der Waals surface area (Å²) in [4.78, 5) is 11.6. The SMILES string of the molecule is Cc1occc1SCc1ccc(C(=O)O)cc1F. The van der Waals surface area contributed by atoms with Crippen molar-refractivity contribution in [2.75, 3.05) is 0 Å². The van der Waals surface area contributed by atoms with Gasteiger partial charge < -0.3 is 9.52 Å². The van der Waals surface area contributed by atoms with Crippen LogP contribution in [0.2, 0.25) is 0 Å². The molecule has 0 fully saturated rings. The van der Waals surface area contributed by atoms with E-state index in [0.717, 1.165) is 16.7 Å². The topological polar surface area (TPSA) is 50.4 Å². The molecular weight excluding hydrogens is 255 g/mol. The van der Waals surface area contributed by atoms with Crippen molar-refractivity contribution in [3.05, 3.63) is 53.2 Å². The van der Waals surface area contributed by atoms with E-state index in [1.165, 1.54) is 23.9 Å². The lowest BCUT2D eigenvalue weighted by Crippen LogP contribution is -1.98. The molecule has 5 heteroatoms. The number of thioether (sulfide) groups is 1. The number of carboxylic acid groups (broad SMARTS) is 1. The highest BCUT2D eigenvalue weighted by Gasteiger charge is 2.09. The molecule has 0 aliphatic carbocycles. The van der Waals surface area contributed by atoms with Gasteiger partial charge in [0.05, 0.1) is 11.8 Å². The molecule has 1 aromatic heterocycles. The lowest BCUT2D eigenvalue weighted by Gasteiger charge is -2.03. The maximum atomic E-state index is 13.6. The number of benzene rings is 1. The molecule has 1 aromatic carbocycles. The van der Waals surface area contributed by atoms with Crippen LogP contribution in [0.25, 0.3) is 0 Å². The summed E-state index contributed by atoms with van der Waals surface area (Å²) in [5.41, 5.74) is 0.436. The normalized spacial score (nSPS) is 10.6. The van der Waals surface area contributed by atoms with Crippen molar-refractivity contribution in [3.8, 4) is 0 Å². The molecule has 0 spiro atoms. The summed E-state index contributed by atoms with van der Waals surface area (Å²) in [7, 11) is 0. The highest BCUT2D eigenvalue weighted by atomic mass is 32.2. The maximum Gasteiger partial charge on any atom is 0.335 e. The number of halogens is 1. The summed E-state index contributed by atoms with van der Waals surface area (Å²) in [6, 6.07) is 5.77. The number of rotatable bonds is 4. The lowest BCUT2D eigenvalue weighted by atomic mass is 10.1. The zero-order valence-electron chi connectivity index (χ0n) is 9.64. The van der Waals surface area contributed by atoms with Gasteiger partial charge >= 0.3 is 5.97 Å². The van der Waals surface area contributed by atoms with Gasteiger partial charge in [-0.05, 0) is 30.7 Å². The van der Waals surface area contributed by atoms with Crippen molar-refractivity contribution in [3.63, 3.8) is 0 Å². The van der Waals surface area contributed by atoms with Crippen molar-refractivity contribution in [1.29, 1.82) is 0 Å². The van der Waals surface area contributed by atoms with Crippen molar-refractivity contribution >= 4 is 17.7 Å². The molecule has 0 saturated carbocycles. The predicted octanol–water partition coefficient (Wildman–Crippen LogP) is 3.72. The Hall–Kier alpha value is -1.75. The minimum atomic E-state index is -1.13. The van der Waals surface area contributed by atoms with Gasteiger partial charge in [-0.25, -0.2) is 9.18 Å². The summed E-state index contributed by atoms with van der Waals surface area (Å²) in [6.45, 7) is 1.84. The quantitative estimate of drug-likeness (QED) is 0.857. The zero-order valence-corrected chi connectivity index (χ0v) is 10.5. The van der Waals surface area contributed by atoms with E-state index in [1.807, 2.05) is 13.0 Å². The number of hydrogen-bond donors (Lipinski definition) is 1. The Balaban J connectivity index is 2.11. The van der Waals surface area contributed by atoms with Gasteiger partial charge in [-0.1, -0.05) is 6.07 Å². The largest absolute Gasteiger partial charge is 0.478 e. The van der Waals surface area contributed by atoms with E-state index < -0.39 is 11.8 Å². The van der Waals surface area contributed by atoms with Crippen LogP contribution in [-0.2, 0) is 5.75 Å². The van der Waals surface area contributed by atoms with Crippen LogP contribution in [0.15, 0.2) is 39.8 Å². The molecule has 0 aliphatic heterocycles. The molecule has 2 aromatic rings. The average molecular weight is 266 g/mol. The van der Waals surface area contributed by atoms with Crippen LogP contribution in [0.4, 0.5) is 4.39 Å². The van der Waals surface area contributed by atoms with Crippen molar-refractivity contribution in [2.24, 2.45) is 0 Å². The number of carbonyl (C=O) groups is 1. The Bertz CT molecular complexity index is 577. The second-order valence-corrected chi connectivity index (χ2v) is 4.76. The number of aryl methyl sites for hydroxylation is 1. The number of carboxylic acids is 1. The molecule has 94 valence electrons. The fourth-order valence-electron chi connectivity index (χ4n) is 1.48. The monoisotopic (exact) mass is 266 g/mol. The average Bonchev–Trinajstić information content (AvgIpc) is 2.73. The molecule has 18 heavy (non-hydrogen) atoms. The molecule has 1 N–H and O–H groups in total. The Morgan fingerprint density at radius 1 is 1.44 bits per heavy atom. The van der Waals surface area contributed by atoms with E-state index in [1.54, 1.807) is 6.26 Å². The smallest absolute Gasteiger partial charge is 0.335 e. The third-order valence-electron chi connectivity index (χ3n) is 2.49. The molecule has 0 amide bonds. The van der Waals surface area contributed by atoms with Crippen LogP contribution in [0.3, 0.4) is 0 Å². The third-order valence-corrected chi connectivity index (χ3v) is 3.68.